The number of halogens is 3. The Hall–Kier alpha value is -3.50. The van der Waals surface area contributed by atoms with Gasteiger partial charge >= 0.3 is 6.18 Å². The Kier molecular flexibility index (Phi) is 5.99. The van der Waals surface area contributed by atoms with Crippen molar-refractivity contribution in [3.8, 4) is 11.5 Å². The summed E-state index contributed by atoms with van der Waals surface area (Å²) in [5, 5.41) is 7.23. The summed E-state index contributed by atoms with van der Waals surface area (Å²) in [5.41, 5.74) is -1.32. The van der Waals surface area contributed by atoms with E-state index in [4.69, 9.17) is 9.47 Å². The van der Waals surface area contributed by atoms with Crippen LogP contribution in [-0.2, 0) is 11.0 Å². The number of benzene rings is 1. The van der Waals surface area contributed by atoms with Gasteiger partial charge in [-0.15, -0.1) is 0 Å². The Balaban J connectivity index is 1.81. The molecule has 1 saturated heterocycles. The van der Waals surface area contributed by atoms with E-state index in [0.29, 0.717) is 23.5 Å². The predicted octanol–water partition coefficient (Wildman–Crippen LogP) is 2.75. The molecular formula is C19H19F3N4O4. The van der Waals surface area contributed by atoms with Crippen molar-refractivity contribution in [3.63, 3.8) is 0 Å². The minimum Gasteiger partial charge on any atom is -0.497 e. The van der Waals surface area contributed by atoms with Crippen molar-refractivity contribution < 1.29 is 32.2 Å². The number of rotatable bonds is 5. The first kappa shape index (κ1) is 21.2. The number of carbonyl (C=O) groups is 2. The molecule has 0 bridgehead atoms. The van der Waals surface area contributed by atoms with Crippen LogP contribution in [0.3, 0.4) is 0 Å². The lowest BCUT2D eigenvalue weighted by Gasteiger charge is -2.27. The van der Waals surface area contributed by atoms with Gasteiger partial charge in [-0.05, 0) is 30.7 Å². The SMILES string of the molecule is COc1ccc(OC)c(C=CC(=O)N2CCCN2C(=O)c2cn[nH]c2C(F)(F)F)c1. The zero-order valence-corrected chi connectivity index (χ0v) is 16.2. The number of alkyl halides is 3. The molecule has 160 valence electrons. The van der Waals surface area contributed by atoms with E-state index in [9.17, 15) is 22.8 Å². The van der Waals surface area contributed by atoms with Crippen LogP contribution in [0.4, 0.5) is 13.2 Å². The van der Waals surface area contributed by atoms with Crippen LogP contribution >= 0.6 is 0 Å². The lowest BCUT2D eigenvalue weighted by atomic mass is 10.1. The number of carbonyl (C=O) groups excluding carboxylic acids is 2. The molecule has 2 heterocycles. The fraction of sp³-hybridized carbons (Fsp3) is 0.316. The molecule has 2 aromatic rings. The van der Waals surface area contributed by atoms with E-state index in [0.717, 1.165) is 16.2 Å². The van der Waals surface area contributed by atoms with Crippen molar-refractivity contribution in [1.82, 2.24) is 20.2 Å². The molecule has 0 radical (unpaired) electrons. The highest BCUT2D eigenvalue weighted by Gasteiger charge is 2.40. The summed E-state index contributed by atoms with van der Waals surface area (Å²) in [4.78, 5) is 25.3. The first-order chi connectivity index (χ1) is 14.3. The summed E-state index contributed by atoms with van der Waals surface area (Å²) in [5.74, 6) is -0.444. The Labute approximate surface area is 169 Å². The largest absolute Gasteiger partial charge is 0.497 e. The molecule has 3 rings (SSSR count). The summed E-state index contributed by atoms with van der Waals surface area (Å²) < 4.78 is 49.6. The summed E-state index contributed by atoms with van der Waals surface area (Å²) in [6, 6.07) is 5.03. The standard InChI is InChI=1S/C19H19F3N4O4/c1-29-13-5-6-15(30-2)12(10-13)4-7-16(27)25-8-3-9-26(25)18(28)14-11-23-24-17(14)19(20,21)22/h4-7,10-11H,3,8-9H2,1-2H3,(H,23,24). The van der Waals surface area contributed by atoms with Crippen LogP contribution in [0, 0.1) is 0 Å². The second kappa shape index (κ2) is 8.47. The molecule has 0 unspecified atom stereocenters. The van der Waals surface area contributed by atoms with E-state index in [1.165, 1.54) is 26.4 Å². The summed E-state index contributed by atoms with van der Waals surface area (Å²) >= 11 is 0. The Morgan fingerprint density at radius 3 is 2.57 bits per heavy atom. The predicted molar refractivity (Wildman–Crippen MR) is 99.5 cm³/mol. The Morgan fingerprint density at radius 1 is 1.17 bits per heavy atom. The van der Waals surface area contributed by atoms with Gasteiger partial charge in [-0.3, -0.25) is 14.7 Å². The van der Waals surface area contributed by atoms with E-state index in [1.54, 1.807) is 23.3 Å². The number of hydrogen-bond acceptors (Lipinski definition) is 5. The molecule has 11 heteroatoms. The number of hydrazine groups is 1. The van der Waals surface area contributed by atoms with Crippen molar-refractivity contribution in [2.45, 2.75) is 12.6 Å². The van der Waals surface area contributed by atoms with E-state index < -0.39 is 29.2 Å². The van der Waals surface area contributed by atoms with E-state index >= 15 is 0 Å². The molecule has 1 aliphatic rings. The average Bonchev–Trinajstić information content (AvgIpc) is 3.40. The number of ether oxygens (including phenoxy) is 2. The van der Waals surface area contributed by atoms with Crippen LogP contribution in [0.1, 0.15) is 28.0 Å². The van der Waals surface area contributed by atoms with Crippen molar-refractivity contribution in [3.05, 3.63) is 47.3 Å². The molecule has 8 nitrogen and oxygen atoms in total. The van der Waals surface area contributed by atoms with Crippen LogP contribution in [0.25, 0.3) is 6.08 Å². The van der Waals surface area contributed by atoms with Crippen molar-refractivity contribution in [2.75, 3.05) is 27.3 Å². The van der Waals surface area contributed by atoms with Gasteiger partial charge in [0, 0.05) is 24.7 Å². The summed E-state index contributed by atoms with van der Waals surface area (Å²) in [6.45, 7) is 0.312. The molecule has 2 amide bonds. The number of methoxy groups -OCH3 is 2. The van der Waals surface area contributed by atoms with Crippen LogP contribution in [0.5, 0.6) is 11.5 Å². The second-order valence-corrected chi connectivity index (χ2v) is 6.34. The maximum absolute atomic E-state index is 13.1. The normalized spacial score (nSPS) is 14.4. The number of nitrogens with zero attached hydrogens (tertiary/aromatic N) is 3. The lowest BCUT2D eigenvalue weighted by Crippen LogP contribution is -2.44. The fourth-order valence-electron chi connectivity index (χ4n) is 3.07. The molecule has 0 atom stereocenters. The Morgan fingerprint density at radius 2 is 1.90 bits per heavy atom. The topological polar surface area (TPSA) is 87.8 Å². The molecule has 0 spiro atoms. The number of H-pyrrole nitrogens is 1. The zero-order valence-electron chi connectivity index (χ0n) is 16.2. The number of aromatic amines is 1. The summed E-state index contributed by atoms with van der Waals surface area (Å²) in [7, 11) is 2.98. The maximum atomic E-state index is 13.1. The lowest BCUT2D eigenvalue weighted by molar-refractivity contribution is -0.141. The number of amides is 2. The minimum atomic E-state index is -4.77. The molecule has 1 aromatic carbocycles. The van der Waals surface area contributed by atoms with Crippen LogP contribution in [-0.4, -0.2) is 59.3 Å². The quantitative estimate of drug-likeness (QED) is 0.746. The van der Waals surface area contributed by atoms with Gasteiger partial charge in [0.15, 0.2) is 5.69 Å². The highest BCUT2D eigenvalue weighted by molar-refractivity contribution is 5.99. The molecule has 0 aliphatic carbocycles. The van der Waals surface area contributed by atoms with Crippen molar-refractivity contribution in [1.29, 1.82) is 0 Å². The molecule has 1 fully saturated rings. The van der Waals surface area contributed by atoms with E-state index in [2.05, 4.69) is 5.10 Å². The van der Waals surface area contributed by atoms with Crippen molar-refractivity contribution in [2.24, 2.45) is 0 Å². The van der Waals surface area contributed by atoms with Gasteiger partial charge < -0.3 is 9.47 Å². The molecule has 30 heavy (non-hydrogen) atoms. The van der Waals surface area contributed by atoms with Gasteiger partial charge in [0.2, 0.25) is 0 Å². The number of nitrogens with one attached hydrogen (secondary N) is 1. The monoisotopic (exact) mass is 424 g/mol. The van der Waals surface area contributed by atoms with Gasteiger partial charge in [-0.1, -0.05) is 0 Å². The van der Waals surface area contributed by atoms with Gasteiger partial charge in [0.1, 0.15) is 11.5 Å². The summed E-state index contributed by atoms with van der Waals surface area (Å²) in [6.07, 6.45) is -0.804. The molecule has 0 saturated carbocycles. The third kappa shape index (κ3) is 4.24. The van der Waals surface area contributed by atoms with E-state index in [1.807, 2.05) is 0 Å². The van der Waals surface area contributed by atoms with Gasteiger partial charge in [-0.25, -0.2) is 10.0 Å². The van der Waals surface area contributed by atoms with Gasteiger partial charge in [0.25, 0.3) is 11.8 Å². The second-order valence-electron chi connectivity index (χ2n) is 6.34. The molecule has 1 N–H and O–H groups in total. The van der Waals surface area contributed by atoms with Gasteiger partial charge in [-0.2, -0.15) is 18.3 Å². The van der Waals surface area contributed by atoms with Crippen LogP contribution in [0.2, 0.25) is 0 Å². The average molecular weight is 424 g/mol. The maximum Gasteiger partial charge on any atom is 0.433 e. The van der Waals surface area contributed by atoms with E-state index in [-0.39, 0.29) is 13.1 Å². The fourth-order valence-corrected chi connectivity index (χ4v) is 3.07. The molecule has 1 aromatic heterocycles. The Bertz CT molecular complexity index is 971. The third-order valence-electron chi connectivity index (χ3n) is 4.52. The highest BCUT2D eigenvalue weighted by Crippen LogP contribution is 2.31. The highest BCUT2D eigenvalue weighted by atomic mass is 19.4. The first-order valence-corrected chi connectivity index (χ1v) is 8.90. The van der Waals surface area contributed by atoms with Crippen LogP contribution < -0.4 is 9.47 Å². The molecular weight excluding hydrogens is 405 g/mol. The first-order valence-electron chi connectivity index (χ1n) is 8.90. The number of aromatic nitrogens is 2. The number of hydrogen-bond donors (Lipinski definition) is 1. The molecule has 1 aliphatic heterocycles. The third-order valence-corrected chi connectivity index (χ3v) is 4.52. The zero-order chi connectivity index (χ0) is 21.9. The van der Waals surface area contributed by atoms with Gasteiger partial charge in [0.05, 0.1) is 26.0 Å². The minimum absolute atomic E-state index is 0.114. The van der Waals surface area contributed by atoms with Crippen molar-refractivity contribution >= 4 is 17.9 Å². The smallest absolute Gasteiger partial charge is 0.433 e. The van der Waals surface area contributed by atoms with Crippen LogP contribution in [0.15, 0.2) is 30.5 Å².